The number of hydrogen-bond acceptors (Lipinski definition) is 4. The van der Waals surface area contributed by atoms with Gasteiger partial charge in [0.15, 0.2) is 0 Å². The second-order valence-corrected chi connectivity index (χ2v) is 4.72. The highest BCUT2D eigenvalue weighted by molar-refractivity contribution is 6.44. The van der Waals surface area contributed by atoms with Crippen LogP contribution < -0.4 is 5.32 Å². The van der Waals surface area contributed by atoms with E-state index in [1.807, 2.05) is 5.32 Å². The number of Topliss-reactive ketones (excluding diaryl/α,β-unsaturated/α-hetero) is 1. The zero-order valence-electron chi connectivity index (χ0n) is 9.74. The predicted octanol–water partition coefficient (Wildman–Crippen LogP) is 1.66. The van der Waals surface area contributed by atoms with Crippen molar-refractivity contribution in [1.82, 2.24) is 5.32 Å². The summed E-state index contributed by atoms with van der Waals surface area (Å²) < 4.78 is 0. The minimum Gasteiger partial charge on any atom is -0.506 e. The van der Waals surface area contributed by atoms with Gasteiger partial charge in [0.25, 0.3) is 5.91 Å². The Hall–Kier alpha value is -2.05. The average Bonchev–Trinajstić information content (AvgIpc) is 2.64. The number of aliphatic carboxylic acids is 1. The van der Waals surface area contributed by atoms with E-state index in [0.29, 0.717) is 0 Å². The van der Waals surface area contributed by atoms with Gasteiger partial charge < -0.3 is 15.5 Å². The number of hydrogen-bond donors (Lipinski definition) is 3. The summed E-state index contributed by atoms with van der Waals surface area (Å²) in [6.45, 7) is -0.680. The van der Waals surface area contributed by atoms with Gasteiger partial charge >= 0.3 is 5.97 Å². The van der Waals surface area contributed by atoms with Crippen LogP contribution in [0.2, 0.25) is 10.0 Å². The average molecular weight is 316 g/mol. The Morgan fingerprint density at radius 2 is 1.70 bits per heavy atom. The van der Waals surface area contributed by atoms with Crippen LogP contribution in [0.3, 0.4) is 0 Å². The molecule has 0 atom stereocenters. The summed E-state index contributed by atoms with van der Waals surface area (Å²) in [5, 5.41) is 20.5. The summed E-state index contributed by atoms with van der Waals surface area (Å²) >= 11 is 11.7. The first-order valence-corrected chi connectivity index (χ1v) is 6.06. The molecule has 20 heavy (non-hydrogen) atoms. The van der Waals surface area contributed by atoms with E-state index in [0.717, 1.165) is 0 Å². The van der Waals surface area contributed by atoms with Gasteiger partial charge in [0, 0.05) is 5.56 Å². The van der Waals surface area contributed by atoms with Gasteiger partial charge in [0.2, 0.25) is 5.78 Å². The van der Waals surface area contributed by atoms with Gasteiger partial charge in [-0.15, -0.1) is 0 Å². The third-order valence-electron chi connectivity index (χ3n) is 2.66. The summed E-state index contributed by atoms with van der Waals surface area (Å²) in [5.41, 5.74) is -0.668. The van der Waals surface area contributed by atoms with E-state index < -0.39 is 35.5 Å². The zero-order chi connectivity index (χ0) is 15.0. The molecule has 0 spiro atoms. The second-order valence-electron chi connectivity index (χ2n) is 3.91. The van der Waals surface area contributed by atoms with E-state index in [2.05, 4.69) is 0 Å². The fraction of sp³-hybridized carbons (Fsp3) is 0.0833. The molecule has 0 saturated heterocycles. The number of ketones is 1. The minimum absolute atomic E-state index is 0.0235. The molecule has 1 aliphatic rings. The van der Waals surface area contributed by atoms with E-state index in [9.17, 15) is 19.5 Å². The van der Waals surface area contributed by atoms with Crippen molar-refractivity contribution in [2.24, 2.45) is 0 Å². The van der Waals surface area contributed by atoms with Crippen LogP contribution in [-0.4, -0.2) is 34.4 Å². The van der Waals surface area contributed by atoms with Gasteiger partial charge in [0.1, 0.15) is 17.9 Å². The Labute approximate surface area is 122 Å². The highest BCUT2D eigenvalue weighted by atomic mass is 35.5. The molecule has 104 valence electrons. The first kappa shape index (κ1) is 14.4. The van der Waals surface area contributed by atoms with E-state index in [-0.39, 0.29) is 21.2 Å². The van der Waals surface area contributed by atoms with Gasteiger partial charge in [-0.3, -0.25) is 14.4 Å². The highest BCUT2D eigenvalue weighted by Gasteiger charge is 2.37. The van der Waals surface area contributed by atoms with Gasteiger partial charge in [-0.2, -0.15) is 0 Å². The molecule has 6 nitrogen and oxygen atoms in total. The summed E-state index contributed by atoms with van der Waals surface area (Å²) in [5.74, 6) is -3.69. The van der Waals surface area contributed by atoms with Gasteiger partial charge in [-0.25, -0.2) is 0 Å². The number of carbonyl (C=O) groups excluding carboxylic acids is 2. The van der Waals surface area contributed by atoms with Crippen LogP contribution in [0.5, 0.6) is 0 Å². The smallest absolute Gasteiger partial charge is 0.322 e. The summed E-state index contributed by atoms with van der Waals surface area (Å²) in [6.07, 6.45) is 0. The molecule has 0 aliphatic heterocycles. The minimum atomic E-state index is -1.28. The largest absolute Gasteiger partial charge is 0.506 e. The third kappa shape index (κ3) is 2.23. The third-order valence-corrected chi connectivity index (χ3v) is 3.29. The quantitative estimate of drug-likeness (QED) is 0.736. The number of aliphatic hydroxyl groups excluding tert-OH is 1. The topological polar surface area (TPSA) is 104 Å². The summed E-state index contributed by atoms with van der Waals surface area (Å²) in [7, 11) is 0. The summed E-state index contributed by atoms with van der Waals surface area (Å²) in [6, 6.07) is 2.75. The Bertz CT molecular complexity index is 681. The number of nitrogens with one attached hydrogen (secondary N) is 1. The number of halogens is 2. The fourth-order valence-corrected chi connectivity index (χ4v) is 2.31. The molecule has 1 aromatic rings. The Balaban J connectivity index is 2.45. The van der Waals surface area contributed by atoms with Crippen molar-refractivity contribution in [2.45, 2.75) is 0 Å². The SMILES string of the molecule is O=C(O)CNC(=O)C1=C(O)c2c(Cl)ccc(Cl)c2C1=O. The van der Waals surface area contributed by atoms with Crippen LogP contribution in [0, 0.1) is 0 Å². The molecule has 0 unspecified atom stereocenters. The van der Waals surface area contributed by atoms with Gasteiger partial charge in [-0.05, 0) is 12.1 Å². The lowest BCUT2D eigenvalue weighted by molar-refractivity contribution is -0.137. The standard InChI is InChI=1S/C12H7Cl2NO5/c13-4-1-2-5(14)8-7(4)10(18)9(11(8)19)12(20)15-3-6(16)17/h1-2,18H,3H2,(H,15,20)(H,16,17). The van der Waals surface area contributed by atoms with Crippen LogP contribution in [0.25, 0.3) is 5.76 Å². The van der Waals surface area contributed by atoms with Crippen molar-refractivity contribution < 1.29 is 24.6 Å². The van der Waals surface area contributed by atoms with Crippen molar-refractivity contribution >= 4 is 46.6 Å². The van der Waals surface area contributed by atoms with Crippen molar-refractivity contribution in [3.05, 3.63) is 38.9 Å². The van der Waals surface area contributed by atoms with E-state index in [4.69, 9.17) is 28.3 Å². The summed E-state index contributed by atoms with van der Waals surface area (Å²) in [4.78, 5) is 34.2. The maximum atomic E-state index is 12.1. The maximum absolute atomic E-state index is 12.1. The normalized spacial score (nSPS) is 13.4. The highest BCUT2D eigenvalue weighted by Crippen LogP contribution is 2.39. The molecular weight excluding hydrogens is 309 g/mol. The molecular formula is C12H7Cl2NO5. The zero-order valence-corrected chi connectivity index (χ0v) is 11.2. The molecule has 0 heterocycles. The maximum Gasteiger partial charge on any atom is 0.322 e. The van der Waals surface area contributed by atoms with E-state index in [1.165, 1.54) is 12.1 Å². The number of carboxylic acids is 1. The fourth-order valence-electron chi connectivity index (χ4n) is 1.82. The van der Waals surface area contributed by atoms with E-state index >= 15 is 0 Å². The van der Waals surface area contributed by atoms with Crippen LogP contribution >= 0.6 is 23.2 Å². The number of benzene rings is 1. The lowest BCUT2D eigenvalue weighted by atomic mass is 10.1. The molecule has 0 bridgehead atoms. The Morgan fingerprint density at radius 3 is 2.20 bits per heavy atom. The first-order valence-electron chi connectivity index (χ1n) is 5.31. The first-order chi connectivity index (χ1) is 9.34. The number of rotatable bonds is 3. The lowest BCUT2D eigenvalue weighted by Gasteiger charge is -2.03. The van der Waals surface area contributed by atoms with Crippen molar-refractivity contribution in [3.8, 4) is 0 Å². The number of fused-ring (bicyclic) bond motifs is 1. The molecule has 1 aliphatic carbocycles. The number of amides is 1. The Kier molecular flexibility index (Phi) is 3.69. The Morgan fingerprint density at radius 1 is 1.15 bits per heavy atom. The van der Waals surface area contributed by atoms with Crippen molar-refractivity contribution in [1.29, 1.82) is 0 Å². The number of aliphatic hydroxyl groups is 1. The number of carboxylic acid groups (broad SMARTS) is 1. The van der Waals surface area contributed by atoms with Crippen molar-refractivity contribution in [2.75, 3.05) is 6.54 Å². The van der Waals surface area contributed by atoms with E-state index in [1.54, 1.807) is 0 Å². The van der Waals surface area contributed by atoms with Crippen molar-refractivity contribution in [3.63, 3.8) is 0 Å². The second kappa shape index (κ2) is 5.15. The monoisotopic (exact) mass is 315 g/mol. The molecule has 8 heteroatoms. The molecule has 0 aromatic heterocycles. The molecule has 0 radical (unpaired) electrons. The van der Waals surface area contributed by atoms with Crippen LogP contribution in [0.15, 0.2) is 17.7 Å². The molecule has 2 rings (SSSR count). The van der Waals surface area contributed by atoms with Crippen LogP contribution in [0.1, 0.15) is 15.9 Å². The molecule has 1 amide bonds. The van der Waals surface area contributed by atoms with Gasteiger partial charge in [-0.1, -0.05) is 23.2 Å². The number of carbonyl (C=O) groups is 3. The molecule has 0 saturated carbocycles. The lowest BCUT2D eigenvalue weighted by Crippen LogP contribution is -2.32. The predicted molar refractivity (Wildman–Crippen MR) is 71.0 cm³/mol. The van der Waals surface area contributed by atoms with Crippen LogP contribution in [0.4, 0.5) is 0 Å². The van der Waals surface area contributed by atoms with Crippen LogP contribution in [-0.2, 0) is 9.59 Å². The molecule has 1 aromatic carbocycles. The van der Waals surface area contributed by atoms with Gasteiger partial charge in [0.05, 0.1) is 15.6 Å². The molecule has 0 fully saturated rings. The molecule has 3 N–H and O–H groups in total.